The molecule has 2 rings (SSSR count). The van der Waals surface area contributed by atoms with Gasteiger partial charge >= 0.3 is 0 Å². The smallest absolute Gasteiger partial charge is 0.158 e. The number of thiophene rings is 1. The standard InChI is InChI=1S/C14H20N4OS/c1-4-19-9-14-17-12(15-3)7-13(18-14)16-8-11-6-5-10(2)20-11/h5-7H,4,8-9H2,1-3H3,(H2,15,16,17,18). The maximum atomic E-state index is 5.36. The summed E-state index contributed by atoms with van der Waals surface area (Å²) in [7, 11) is 1.85. The molecule has 6 heteroatoms. The molecule has 5 nitrogen and oxygen atoms in total. The number of aromatic nitrogens is 2. The van der Waals surface area contributed by atoms with Crippen LogP contribution in [0.5, 0.6) is 0 Å². The van der Waals surface area contributed by atoms with Crippen molar-refractivity contribution in [2.75, 3.05) is 24.3 Å². The van der Waals surface area contributed by atoms with E-state index in [0.717, 1.165) is 18.2 Å². The van der Waals surface area contributed by atoms with Crippen LogP contribution in [0.3, 0.4) is 0 Å². The lowest BCUT2D eigenvalue weighted by Gasteiger charge is -2.09. The third kappa shape index (κ3) is 4.18. The molecular weight excluding hydrogens is 272 g/mol. The predicted octanol–water partition coefficient (Wildman–Crippen LogP) is 3.04. The van der Waals surface area contributed by atoms with Crippen molar-refractivity contribution in [1.29, 1.82) is 0 Å². The number of hydrogen-bond donors (Lipinski definition) is 2. The summed E-state index contributed by atoms with van der Waals surface area (Å²) in [6.07, 6.45) is 0. The van der Waals surface area contributed by atoms with Crippen molar-refractivity contribution in [2.45, 2.75) is 27.0 Å². The molecule has 0 unspecified atom stereocenters. The van der Waals surface area contributed by atoms with Crippen molar-refractivity contribution in [3.05, 3.63) is 33.8 Å². The van der Waals surface area contributed by atoms with Crippen LogP contribution in [0.15, 0.2) is 18.2 Å². The SMILES string of the molecule is CCOCc1nc(NC)cc(NCc2ccc(C)s2)n1. The van der Waals surface area contributed by atoms with Crippen molar-refractivity contribution >= 4 is 23.0 Å². The van der Waals surface area contributed by atoms with E-state index in [2.05, 4.69) is 39.7 Å². The highest BCUT2D eigenvalue weighted by Crippen LogP contribution is 2.17. The molecule has 0 spiro atoms. The summed E-state index contributed by atoms with van der Waals surface area (Å²) in [6, 6.07) is 6.16. The molecule has 0 fully saturated rings. The average molecular weight is 292 g/mol. The molecule has 20 heavy (non-hydrogen) atoms. The summed E-state index contributed by atoms with van der Waals surface area (Å²) in [6.45, 7) is 5.92. The van der Waals surface area contributed by atoms with Gasteiger partial charge in [-0.15, -0.1) is 11.3 Å². The molecule has 0 bridgehead atoms. The number of anilines is 2. The molecule has 2 aromatic rings. The van der Waals surface area contributed by atoms with Crippen LogP contribution >= 0.6 is 11.3 Å². The van der Waals surface area contributed by atoms with Gasteiger partial charge in [-0.2, -0.15) is 0 Å². The van der Waals surface area contributed by atoms with Crippen LogP contribution in [0.2, 0.25) is 0 Å². The Labute approximate surface area is 123 Å². The Morgan fingerprint density at radius 1 is 1.25 bits per heavy atom. The average Bonchev–Trinajstić information content (AvgIpc) is 2.88. The molecule has 2 heterocycles. The molecule has 0 atom stereocenters. The van der Waals surface area contributed by atoms with E-state index in [1.165, 1.54) is 9.75 Å². The monoisotopic (exact) mass is 292 g/mol. The van der Waals surface area contributed by atoms with Gasteiger partial charge < -0.3 is 15.4 Å². The van der Waals surface area contributed by atoms with Gasteiger partial charge in [0.15, 0.2) is 5.82 Å². The second kappa shape index (κ2) is 7.21. The summed E-state index contributed by atoms with van der Waals surface area (Å²) in [4.78, 5) is 11.4. The fourth-order valence-corrected chi connectivity index (χ4v) is 2.56. The van der Waals surface area contributed by atoms with Crippen LogP contribution in [0.25, 0.3) is 0 Å². The number of nitrogens with one attached hydrogen (secondary N) is 2. The molecule has 0 aliphatic carbocycles. The van der Waals surface area contributed by atoms with Crippen molar-refractivity contribution < 1.29 is 4.74 Å². The highest BCUT2D eigenvalue weighted by Gasteiger charge is 2.04. The van der Waals surface area contributed by atoms with E-state index in [9.17, 15) is 0 Å². The van der Waals surface area contributed by atoms with Gasteiger partial charge in [0.2, 0.25) is 0 Å². The maximum Gasteiger partial charge on any atom is 0.158 e. The van der Waals surface area contributed by atoms with Crippen molar-refractivity contribution in [1.82, 2.24) is 9.97 Å². The van der Waals surface area contributed by atoms with E-state index in [0.29, 0.717) is 19.0 Å². The van der Waals surface area contributed by atoms with E-state index in [-0.39, 0.29) is 0 Å². The Morgan fingerprint density at radius 3 is 2.70 bits per heavy atom. The summed E-state index contributed by atoms with van der Waals surface area (Å²) in [5, 5.41) is 6.37. The summed E-state index contributed by atoms with van der Waals surface area (Å²) < 4.78 is 5.36. The molecule has 108 valence electrons. The lowest BCUT2D eigenvalue weighted by atomic mass is 10.4. The molecule has 0 amide bonds. The first-order valence-corrected chi connectivity index (χ1v) is 7.45. The van der Waals surface area contributed by atoms with Gasteiger partial charge in [-0.3, -0.25) is 0 Å². The van der Waals surface area contributed by atoms with Crippen molar-refractivity contribution in [3.8, 4) is 0 Å². The summed E-state index contributed by atoms with van der Waals surface area (Å²) in [5.74, 6) is 2.29. The predicted molar refractivity (Wildman–Crippen MR) is 83.3 cm³/mol. The second-order valence-electron chi connectivity index (χ2n) is 4.31. The largest absolute Gasteiger partial charge is 0.374 e. The molecular formula is C14H20N4OS. The van der Waals surface area contributed by atoms with E-state index in [4.69, 9.17) is 4.74 Å². The minimum atomic E-state index is 0.429. The number of rotatable bonds is 7. The Kier molecular flexibility index (Phi) is 5.31. The van der Waals surface area contributed by atoms with Gasteiger partial charge in [-0.25, -0.2) is 9.97 Å². The van der Waals surface area contributed by atoms with Gasteiger partial charge in [0.25, 0.3) is 0 Å². The number of nitrogens with zero attached hydrogens (tertiary/aromatic N) is 2. The van der Waals surface area contributed by atoms with Crippen LogP contribution in [-0.4, -0.2) is 23.6 Å². The first kappa shape index (κ1) is 14.7. The fourth-order valence-electron chi connectivity index (χ4n) is 1.73. The first-order chi connectivity index (χ1) is 9.71. The Morgan fingerprint density at radius 2 is 2.05 bits per heavy atom. The van der Waals surface area contributed by atoms with Crippen LogP contribution < -0.4 is 10.6 Å². The number of aryl methyl sites for hydroxylation is 1. The van der Waals surface area contributed by atoms with E-state index < -0.39 is 0 Å². The van der Waals surface area contributed by atoms with Crippen LogP contribution in [0.4, 0.5) is 11.6 Å². The Bertz CT molecular complexity index is 556. The Balaban J connectivity index is 2.05. The molecule has 0 aromatic carbocycles. The van der Waals surface area contributed by atoms with Crippen molar-refractivity contribution in [3.63, 3.8) is 0 Å². The zero-order valence-electron chi connectivity index (χ0n) is 12.1. The lowest BCUT2D eigenvalue weighted by Crippen LogP contribution is -2.07. The number of hydrogen-bond acceptors (Lipinski definition) is 6. The lowest BCUT2D eigenvalue weighted by molar-refractivity contribution is 0.128. The summed E-state index contributed by atoms with van der Waals surface area (Å²) in [5.41, 5.74) is 0. The molecule has 0 aliphatic rings. The molecule has 0 radical (unpaired) electrons. The minimum Gasteiger partial charge on any atom is -0.374 e. The zero-order valence-corrected chi connectivity index (χ0v) is 12.9. The van der Waals surface area contributed by atoms with Gasteiger partial charge in [0.05, 0.1) is 6.54 Å². The number of ether oxygens (including phenoxy) is 1. The first-order valence-electron chi connectivity index (χ1n) is 6.64. The van der Waals surface area contributed by atoms with E-state index in [1.54, 1.807) is 11.3 Å². The van der Waals surface area contributed by atoms with Gasteiger partial charge in [0, 0.05) is 29.5 Å². The third-order valence-corrected chi connectivity index (χ3v) is 3.70. The Hall–Kier alpha value is -1.66. The van der Waals surface area contributed by atoms with Gasteiger partial charge in [0.1, 0.15) is 18.2 Å². The highest BCUT2D eigenvalue weighted by molar-refractivity contribution is 7.11. The van der Waals surface area contributed by atoms with Crippen LogP contribution in [0, 0.1) is 6.92 Å². The maximum absolute atomic E-state index is 5.36. The van der Waals surface area contributed by atoms with Crippen LogP contribution in [-0.2, 0) is 17.9 Å². The highest BCUT2D eigenvalue weighted by atomic mass is 32.1. The van der Waals surface area contributed by atoms with Gasteiger partial charge in [-0.1, -0.05) is 0 Å². The van der Waals surface area contributed by atoms with Crippen molar-refractivity contribution in [2.24, 2.45) is 0 Å². The second-order valence-corrected chi connectivity index (χ2v) is 5.68. The molecule has 0 saturated heterocycles. The molecule has 0 aliphatic heterocycles. The fraction of sp³-hybridized carbons (Fsp3) is 0.429. The topological polar surface area (TPSA) is 59.1 Å². The van der Waals surface area contributed by atoms with E-state index in [1.807, 2.05) is 20.0 Å². The molecule has 0 saturated carbocycles. The summed E-state index contributed by atoms with van der Waals surface area (Å²) >= 11 is 1.79. The van der Waals surface area contributed by atoms with Gasteiger partial charge in [-0.05, 0) is 26.0 Å². The van der Waals surface area contributed by atoms with E-state index >= 15 is 0 Å². The zero-order chi connectivity index (χ0) is 14.4. The molecule has 2 aromatic heterocycles. The molecule has 2 N–H and O–H groups in total. The third-order valence-electron chi connectivity index (χ3n) is 2.70. The normalized spacial score (nSPS) is 10.6. The minimum absolute atomic E-state index is 0.429. The quantitative estimate of drug-likeness (QED) is 0.821. The van der Waals surface area contributed by atoms with Crippen LogP contribution in [0.1, 0.15) is 22.5 Å².